The fourth-order valence-electron chi connectivity index (χ4n) is 3.04. The van der Waals surface area contributed by atoms with Gasteiger partial charge in [0.1, 0.15) is 17.5 Å². The molecule has 0 aromatic heterocycles. The first-order valence-electron chi connectivity index (χ1n) is 8.35. The van der Waals surface area contributed by atoms with Crippen LogP contribution < -0.4 is 15.0 Å². The summed E-state index contributed by atoms with van der Waals surface area (Å²) < 4.78 is 5.00. The Balaban J connectivity index is 1.93. The predicted octanol–water partition coefficient (Wildman–Crippen LogP) is 2.96. The highest BCUT2D eigenvalue weighted by Crippen LogP contribution is 2.35. The largest absolute Gasteiger partial charge is 0.496 e. The molecule has 8 heteroatoms. The zero-order valence-electron chi connectivity index (χ0n) is 15.2. The van der Waals surface area contributed by atoms with Crippen molar-refractivity contribution in [2.75, 3.05) is 17.3 Å². The highest BCUT2D eigenvalue weighted by atomic mass is 16.6. The van der Waals surface area contributed by atoms with E-state index in [2.05, 4.69) is 5.32 Å². The van der Waals surface area contributed by atoms with E-state index >= 15 is 0 Å². The maximum Gasteiger partial charge on any atom is 0.297 e. The van der Waals surface area contributed by atoms with Crippen molar-refractivity contribution in [3.63, 3.8) is 0 Å². The number of nitro benzene ring substituents is 1. The number of carbonyl (C=O) groups excluding carboxylic acids is 2. The van der Waals surface area contributed by atoms with Gasteiger partial charge in [-0.05, 0) is 43.2 Å². The minimum absolute atomic E-state index is 0.0546. The van der Waals surface area contributed by atoms with Crippen LogP contribution in [0.15, 0.2) is 36.4 Å². The second kappa shape index (κ2) is 7.06. The molecule has 140 valence electrons. The van der Waals surface area contributed by atoms with Gasteiger partial charge < -0.3 is 10.1 Å². The Morgan fingerprint density at radius 1 is 1.19 bits per heavy atom. The van der Waals surface area contributed by atoms with E-state index in [1.54, 1.807) is 0 Å². The maximum absolute atomic E-state index is 12.8. The number of benzene rings is 2. The van der Waals surface area contributed by atoms with E-state index in [-0.39, 0.29) is 23.5 Å². The molecule has 2 aromatic carbocycles. The Labute approximate surface area is 155 Å². The van der Waals surface area contributed by atoms with Crippen LogP contribution in [0.5, 0.6) is 5.75 Å². The van der Waals surface area contributed by atoms with Crippen molar-refractivity contribution in [2.45, 2.75) is 26.3 Å². The number of hydrogen-bond donors (Lipinski definition) is 1. The third kappa shape index (κ3) is 3.46. The number of nitrogens with one attached hydrogen (secondary N) is 1. The maximum atomic E-state index is 12.8. The first kappa shape index (κ1) is 18.4. The number of rotatable bonds is 5. The number of aryl methyl sites for hydroxylation is 2. The molecule has 2 amide bonds. The first-order chi connectivity index (χ1) is 12.8. The summed E-state index contributed by atoms with van der Waals surface area (Å²) in [5, 5.41) is 14.5. The molecule has 1 aliphatic rings. The molecule has 1 heterocycles. The van der Waals surface area contributed by atoms with Crippen LogP contribution in [-0.4, -0.2) is 29.9 Å². The standard InChI is InChI=1S/C19H19N3O5/c1-11-4-5-12(2)14(8-11)20-15-10-18(23)21(19(15)24)16-7-6-13(27-3)9-17(16)22(25)26/h4-9,15,20H,10H2,1-3H3/t15-/m0/s1. The molecule has 8 nitrogen and oxygen atoms in total. The minimum atomic E-state index is -0.778. The summed E-state index contributed by atoms with van der Waals surface area (Å²) in [5.41, 5.74) is 2.30. The lowest BCUT2D eigenvalue weighted by atomic mass is 10.1. The number of imide groups is 1. The van der Waals surface area contributed by atoms with Crippen molar-refractivity contribution in [2.24, 2.45) is 0 Å². The summed E-state index contributed by atoms with van der Waals surface area (Å²) in [6.07, 6.45) is -0.0740. The van der Waals surface area contributed by atoms with Crippen LogP contribution in [0.2, 0.25) is 0 Å². The van der Waals surface area contributed by atoms with Crippen molar-refractivity contribution < 1.29 is 19.2 Å². The third-order valence-electron chi connectivity index (χ3n) is 4.49. The van der Waals surface area contributed by atoms with Gasteiger partial charge in [-0.1, -0.05) is 12.1 Å². The number of methoxy groups -OCH3 is 1. The van der Waals surface area contributed by atoms with Gasteiger partial charge in [0.25, 0.3) is 11.6 Å². The molecule has 27 heavy (non-hydrogen) atoms. The Bertz CT molecular complexity index is 941. The van der Waals surface area contributed by atoms with Crippen LogP contribution >= 0.6 is 0 Å². The van der Waals surface area contributed by atoms with Gasteiger partial charge in [-0.25, -0.2) is 4.90 Å². The normalized spacial score (nSPS) is 16.6. The fourth-order valence-corrected chi connectivity index (χ4v) is 3.04. The van der Waals surface area contributed by atoms with Gasteiger partial charge in [-0.3, -0.25) is 19.7 Å². The predicted molar refractivity (Wildman–Crippen MR) is 100 cm³/mol. The molecule has 0 radical (unpaired) electrons. The lowest BCUT2D eigenvalue weighted by molar-refractivity contribution is -0.384. The van der Waals surface area contributed by atoms with Crippen LogP contribution in [0.4, 0.5) is 17.1 Å². The average Bonchev–Trinajstić information content (AvgIpc) is 2.91. The van der Waals surface area contributed by atoms with Crippen molar-refractivity contribution in [3.05, 3.63) is 57.6 Å². The van der Waals surface area contributed by atoms with Crippen molar-refractivity contribution >= 4 is 28.9 Å². The number of anilines is 2. The van der Waals surface area contributed by atoms with E-state index in [1.807, 2.05) is 32.0 Å². The quantitative estimate of drug-likeness (QED) is 0.494. The number of nitrogens with zero attached hydrogens (tertiary/aromatic N) is 2. The molecule has 1 atom stereocenters. The summed E-state index contributed by atoms with van der Waals surface area (Å²) in [7, 11) is 1.38. The molecular weight excluding hydrogens is 350 g/mol. The molecule has 0 bridgehead atoms. The zero-order valence-corrected chi connectivity index (χ0v) is 15.2. The van der Waals surface area contributed by atoms with E-state index < -0.39 is 22.8 Å². The first-order valence-corrected chi connectivity index (χ1v) is 8.35. The SMILES string of the molecule is COc1ccc(N2C(=O)C[C@H](Nc3cc(C)ccc3C)C2=O)c([N+](=O)[O-])c1. The summed E-state index contributed by atoms with van der Waals surface area (Å²) in [5.74, 6) is -0.736. The Hall–Kier alpha value is -3.42. The highest BCUT2D eigenvalue weighted by Gasteiger charge is 2.42. The van der Waals surface area contributed by atoms with E-state index in [1.165, 1.54) is 25.3 Å². The number of amides is 2. The zero-order chi connectivity index (χ0) is 19.7. The fraction of sp³-hybridized carbons (Fsp3) is 0.263. The second-order valence-electron chi connectivity index (χ2n) is 6.40. The van der Waals surface area contributed by atoms with Crippen molar-refractivity contribution in [3.8, 4) is 5.75 Å². The Morgan fingerprint density at radius 3 is 2.59 bits per heavy atom. The van der Waals surface area contributed by atoms with E-state index in [0.717, 1.165) is 21.7 Å². The molecule has 3 rings (SSSR count). The number of nitro groups is 1. The lowest BCUT2D eigenvalue weighted by Crippen LogP contribution is -2.35. The van der Waals surface area contributed by atoms with Crippen LogP contribution in [0, 0.1) is 24.0 Å². The topological polar surface area (TPSA) is 102 Å². The van der Waals surface area contributed by atoms with Gasteiger partial charge >= 0.3 is 0 Å². The van der Waals surface area contributed by atoms with Crippen LogP contribution in [0.3, 0.4) is 0 Å². The summed E-state index contributed by atoms with van der Waals surface area (Å²) in [4.78, 5) is 37.0. The van der Waals surface area contributed by atoms with Crippen LogP contribution in [0.25, 0.3) is 0 Å². The van der Waals surface area contributed by atoms with Gasteiger partial charge in [-0.15, -0.1) is 0 Å². The van der Waals surface area contributed by atoms with Crippen LogP contribution in [-0.2, 0) is 9.59 Å². The van der Waals surface area contributed by atoms with E-state index in [0.29, 0.717) is 0 Å². The third-order valence-corrected chi connectivity index (χ3v) is 4.49. The summed E-state index contributed by atoms with van der Waals surface area (Å²) in [6, 6.07) is 9.02. The highest BCUT2D eigenvalue weighted by molar-refractivity contribution is 6.24. The minimum Gasteiger partial charge on any atom is -0.496 e. The molecule has 1 N–H and O–H groups in total. The van der Waals surface area contributed by atoms with Gasteiger partial charge in [0, 0.05) is 5.69 Å². The monoisotopic (exact) mass is 369 g/mol. The summed E-state index contributed by atoms with van der Waals surface area (Å²) >= 11 is 0. The Morgan fingerprint density at radius 2 is 1.93 bits per heavy atom. The van der Waals surface area contributed by atoms with Gasteiger partial charge in [0.2, 0.25) is 5.91 Å². The molecule has 0 saturated carbocycles. The smallest absolute Gasteiger partial charge is 0.297 e. The lowest BCUT2D eigenvalue weighted by Gasteiger charge is -2.17. The molecule has 1 aliphatic heterocycles. The van der Waals surface area contributed by atoms with Gasteiger partial charge in [0.05, 0.1) is 24.5 Å². The molecule has 0 unspecified atom stereocenters. The molecule has 2 aromatic rings. The number of hydrogen-bond acceptors (Lipinski definition) is 6. The number of carbonyl (C=O) groups is 2. The van der Waals surface area contributed by atoms with Gasteiger partial charge in [0.15, 0.2) is 0 Å². The molecule has 1 saturated heterocycles. The van der Waals surface area contributed by atoms with Gasteiger partial charge in [-0.2, -0.15) is 0 Å². The summed E-state index contributed by atoms with van der Waals surface area (Å²) in [6.45, 7) is 3.83. The van der Waals surface area contributed by atoms with Crippen molar-refractivity contribution in [1.29, 1.82) is 0 Å². The molecular formula is C19H19N3O5. The molecule has 1 fully saturated rings. The van der Waals surface area contributed by atoms with E-state index in [4.69, 9.17) is 4.74 Å². The average molecular weight is 369 g/mol. The second-order valence-corrected chi connectivity index (χ2v) is 6.40. The van der Waals surface area contributed by atoms with Crippen molar-refractivity contribution in [1.82, 2.24) is 0 Å². The molecule has 0 aliphatic carbocycles. The van der Waals surface area contributed by atoms with E-state index in [9.17, 15) is 19.7 Å². The number of ether oxygens (including phenoxy) is 1. The molecule has 0 spiro atoms. The Kier molecular flexibility index (Phi) is 4.81. The van der Waals surface area contributed by atoms with Crippen LogP contribution in [0.1, 0.15) is 17.5 Å².